The smallest absolute Gasteiger partial charge is 0.133 e. The molecule has 0 fully saturated rings. The molecule has 2 aliphatic heterocycles. The highest BCUT2D eigenvalue weighted by Gasteiger charge is 2.25. The molecule has 2 atom stereocenters. The van der Waals surface area contributed by atoms with Crippen molar-refractivity contribution in [3.8, 4) is 11.5 Å². The van der Waals surface area contributed by atoms with E-state index in [-0.39, 0.29) is 6.10 Å². The van der Waals surface area contributed by atoms with Crippen molar-refractivity contribution >= 4 is 0 Å². The van der Waals surface area contributed by atoms with Crippen molar-refractivity contribution in [3.05, 3.63) is 34.9 Å². The van der Waals surface area contributed by atoms with Gasteiger partial charge in [-0.25, -0.2) is 0 Å². The topological polar surface area (TPSA) is 61.2 Å². The number of hydrogen-bond acceptors (Lipinski definition) is 5. The number of fused-ring (bicyclic) bond motifs is 2. The number of benzene rings is 1. The molecular weight excluding hydrogens is 316 g/mol. The summed E-state index contributed by atoms with van der Waals surface area (Å²) in [6.45, 7) is 8.56. The summed E-state index contributed by atoms with van der Waals surface area (Å²) in [6.07, 6.45) is 3.25. The maximum Gasteiger partial charge on any atom is 0.133 e. The van der Waals surface area contributed by atoms with Crippen LogP contribution in [-0.2, 0) is 25.9 Å². The number of aryl methyl sites for hydroxylation is 2. The number of hydrogen-bond donors (Lipinski definition) is 1. The second-order valence-corrected chi connectivity index (χ2v) is 7.03. The molecule has 1 aromatic carbocycles. The Hall–Kier alpha value is -2.08. The Morgan fingerprint density at radius 2 is 2.24 bits per heavy atom. The maximum atomic E-state index is 6.05. The zero-order chi connectivity index (χ0) is 17.4. The van der Waals surface area contributed by atoms with Crippen molar-refractivity contribution < 1.29 is 9.47 Å². The Morgan fingerprint density at radius 3 is 3.08 bits per heavy atom. The first kappa shape index (κ1) is 16.4. The van der Waals surface area contributed by atoms with Gasteiger partial charge in [-0.15, -0.1) is 10.2 Å². The number of nitrogens with zero attached hydrogens (tertiary/aromatic N) is 3. The van der Waals surface area contributed by atoms with Gasteiger partial charge in [-0.1, -0.05) is 0 Å². The lowest BCUT2D eigenvalue weighted by molar-refractivity contribution is 0.251. The summed E-state index contributed by atoms with van der Waals surface area (Å²) in [6, 6.07) is 4.66. The third-order valence-corrected chi connectivity index (χ3v) is 5.07. The first-order chi connectivity index (χ1) is 12.1. The van der Waals surface area contributed by atoms with Crippen molar-refractivity contribution in [2.45, 2.75) is 65.3 Å². The zero-order valence-corrected chi connectivity index (χ0v) is 15.2. The Bertz CT molecular complexity index is 771. The van der Waals surface area contributed by atoms with E-state index in [0.717, 1.165) is 55.5 Å². The fourth-order valence-electron chi connectivity index (χ4n) is 3.84. The maximum absolute atomic E-state index is 6.05. The summed E-state index contributed by atoms with van der Waals surface area (Å²) >= 11 is 0. The van der Waals surface area contributed by atoms with Crippen molar-refractivity contribution in [3.63, 3.8) is 0 Å². The minimum atomic E-state index is 0.238. The van der Waals surface area contributed by atoms with Crippen LogP contribution in [-0.4, -0.2) is 33.5 Å². The SMILES string of the molecule is CCOc1cc(CN[C@@H]2CCc3nnc(C)n3C2)c2c(c1)C[C@@H](C)O2. The van der Waals surface area contributed by atoms with Crippen LogP contribution in [0, 0.1) is 6.92 Å². The summed E-state index contributed by atoms with van der Waals surface area (Å²) in [5.74, 6) is 4.08. The average Bonchev–Trinajstić information content (AvgIpc) is 3.15. The van der Waals surface area contributed by atoms with Gasteiger partial charge >= 0.3 is 0 Å². The molecule has 1 N–H and O–H groups in total. The molecule has 4 rings (SSSR count). The van der Waals surface area contributed by atoms with Gasteiger partial charge in [0.2, 0.25) is 0 Å². The van der Waals surface area contributed by atoms with Crippen LogP contribution in [0.4, 0.5) is 0 Å². The van der Waals surface area contributed by atoms with Crippen LogP contribution in [0.1, 0.15) is 43.0 Å². The third kappa shape index (κ3) is 3.23. The van der Waals surface area contributed by atoms with E-state index in [0.29, 0.717) is 12.6 Å². The molecule has 0 saturated carbocycles. The van der Waals surface area contributed by atoms with E-state index in [4.69, 9.17) is 9.47 Å². The van der Waals surface area contributed by atoms with Gasteiger partial charge in [0.1, 0.15) is 29.3 Å². The molecule has 2 aliphatic rings. The van der Waals surface area contributed by atoms with Crippen LogP contribution in [0.3, 0.4) is 0 Å². The minimum Gasteiger partial charge on any atom is -0.494 e. The van der Waals surface area contributed by atoms with E-state index in [9.17, 15) is 0 Å². The molecule has 2 aromatic rings. The molecule has 0 spiro atoms. The fraction of sp³-hybridized carbons (Fsp3) is 0.579. The van der Waals surface area contributed by atoms with Crippen molar-refractivity contribution in [1.82, 2.24) is 20.1 Å². The molecule has 0 radical (unpaired) electrons. The lowest BCUT2D eigenvalue weighted by Gasteiger charge is -2.25. The minimum absolute atomic E-state index is 0.238. The van der Waals surface area contributed by atoms with Crippen LogP contribution < -0.4 is 14.8 Å². The number of nitrogens with one attached hydrogen (secondary N) is 1. The summed E-state index contributed by atoms with van der Waals surface area (Å²) in [5.41, 5.74) is 2.45. The number of rotatable bonds is 5. The lowest BCUT2D eigenvalue weighted by atomic mass is 10.0. The predicted molar refractivity (Wildman–Crippen MR) is 95.1 cm³/mol. The molecular formula is C19H26N4O2. The van der Waals surface area contributed by atoms with Gasteiger partial charge in [-0.2, -0.15) is 0 Å². The van der Waals surface area contributed by atoms with Crippen LogP contribution in [0.25, 0.3) is 0 Å². The molecule has 0 saturated heterocycles. The molecule has 0 aliphatic carbocycles. The van der Waals surface area contributed by atoms with Gasteiger partial charge in [0.05, 0.1) is 6.61 Å². The van der Waals surface area contributed by atoms with Gasteiger partial charge in [0.25, 0.3) is 0 Å². The first-order valence-electron chi connectivity index (χ1n) is 9.21. The molecule has 1 aromatic heterocycles. The monoisotopic (exact) mass is 342 g/mol. The quantitative estimate of drug-likeness (QED) is 0.904. The highest BCUT2D eigenvalue weighted by Crippen LogP contribution is 2.36. The first-order valence-corrected chi connectivity index (χ1v) is 9.21. The van der Waals surface area contributed by atoms with Gasteiger partial charge in [0, 0.05) is 43.1 Å². The Kier molecular flexibility index (Phi) is 4.37. The molecule has 0 amide bonds. The lowest BCUT2D eigenvalue weighted by Crippen LogP contribution is -2.37. The Morgan fingerprint density at radius 1 is 1.36 bits per heavy atom. The molecule has 3 heterocycles. The molecule has 6 heteroatoms. The Balaban J connectivity index is 1.49. The normalized spacial score (nSPS) is 21.6. The highest BCUT2D eigenvalue weighted by atomic mass is 16.5. The van der Waals surface area contributed by atoms with Gasteiger partial charge in [0.15, 0.2) is 0 Å². The van der Waals surface area contributed by atoms with Crippen molar-refractivity contribution in [2.24, 2.45) is 0 Å². The standard InChI is InChI=1S/C19H26N4O2/c1-4-24-17-8-14-7-12(2)25-19(14)15(9-17)10-20-16-5-6-18-22-21-13(3)23(18)11-16/h8-9,12,16,20H,4-7,10-11H2,1-3H3/t12-,16-/m1/s1. The summed E-state index contributed by atoms with van der Waals surface area (Å²) in [5, 5.41) is 12.1. The van der Waals surface area contributed by atoms with E-state index in [1.54, 1.807) is 0 Å². The van der Waals surface area contributed by atoms with E-state index in [2.05, 4.69) is 39.1 Å². The second-order valence-electron chi connectivity index (χ2n) is 7.03. The third-order valence-electron chi connectivity index (χ3n) is 5.07. The van der Waals surface area contributed by atoms with Crippen molar-refractivity contribution in [2.75, 3.05) is 6.61 Å². The second kappa shape index (κ2) is 6.67. The molecule has 134 valence electrons. The largest absolute Gasteiger partial charge is 0.494 e. The zero-order valence-electron chi connectivity index (χ0n) is 15.2. The van der Waals surface area contributed by atoms with Crippen molar-refractivity contribution in [1.29, 1.82) is 0 Å². The highest BCUT2D eigenvalue weighted by molar-refractivity contribution is 5.49. The van der Waals surface area contributed by atoms with E-state index in [1.807, 2.05) is 13.8 Å². The van der Waals surface area contributed by atoms with E-state index >= 15 is 0 Å². The van der Waals surface area contributed by atoms with Gasteiger partial charge in [-0.3, -0.25) is 0 Å². The van der Waals surface area contributed by atoms with Gasteiger partial charge < -0.3 is 19.4 Å². The molecule has 25 heavy (non-hydrogen) atoms. The molecule has 6 nitrogen and oxygen atoms in total. The van der Waals surface area contributed by atoms with Crippen LogP contribution in [0.2, 0.25) is 0 Å². The number of ether oxygens (including phenoxy) is 2. The average molecular weight is 342 g/mol. The van der Waals surface area contributed by atoms with Crippen LogP contribution in [0.5, 0.6) is 11.5 Å². The van der Waals surface area contributed by atoms with Crippen LogP contribution >= 0.6 is 0 Å². The summed E-state index contributed by atoms with van der Waals surface area (Å²) < 4.78 is 14.0. The van der Waals surface area contributed by atoms with Gasteiger partial charge in [-0.05, 0) is 39.3 Å². The summed E-state index contributed by atoms with van der Waals surface area (Å²) in [7, 11) is 0. The molecule has 0 unspecified atom stereocenters. The fourth-order valence-corrected chi connectivity index (χ4v) is 3.84. The summed E-state index contributed by atoms with van der Waals surface area (Å²) in [4.78, 5) is 0. The molecule has 0 bridgehead atoms. The van der Waals surface area contributed by atoms with E-state index < -0.39 is 0 Å². The van der Waals surface area contributed by atoms with Crippen LogP contribution in [0.15, 0.2) is 12.1 Å². The Labute approximate surface area is 148 Å². The predicted octanol–water partition coefficient (Wildman–Crippen LogP) is 2.41. The number of aromatic nitrogens is 3. The van der Waals surface area contributed by atoms with E-state index in [1.165, 1.54) is 11.1 Å².